The zero-order valence-electron chi connectivity index (χ0n) is 19.1. The standard InChI is InChI=1S/C28H22N4O3/c1-19-27-24(15-26(33)30(19)18-23-12-7-13-35-23)31(17-20-8-3-2-4-9-20)32(28(27)34)25-14-21-10-5-6-11-22(21)16-29-25/h2-16H,17-18H2,1H3. The van der Waals surface area contributed by atoms with Crippen LogP contribution in [0.1, 0.15) is 17.0 Å². The van der Waals surface area contributed by atoms with E-state index >= 15 is 0 Å². The van der Waals surface area contributed by atoms with Crippen LogP contribution in [-0.4, -0.2) is 18.9 Å². The minimum absolute atomic E-state index is 0.197. The van der Waals surface area contributed by atoms with Crippen molar-refractivity contribution in [3.8, 4) is 5.82 Å². The summed E-state index contributed by atoms with van der Waals surface area (Å²) in [4.78, 5) is 31.7. The maximum Gasteiger partial charge on any atom is 0.282 e. The van der Waals surface area contributed by atoms with Gasteiger partial charge in [0.25, 0.3) is 11.1 Å². The summed E-state index contributed by atoms with van der Waals surface area (Å²) >= 11 is 0. The Hall–Kier alpha value is -4.65. The van der Waals surface area contributed by atoms with Gasteiger partial charge in [0.05, 0.1) is 30.3 Å². The number of aromatic nitrogens is 4. The molecule has 0 bridgehead atoms. The molecule has 6 rings (SSSR count). The van der Waals surface area contributed by atoms with Crippen molar-refractivity contribution in [2.75, 3.05) is 0 Å². The number of hydrogen-bond donors (Lipinski definition) is 0. The first-order valence-electron chi connectivity index (χ1n) is 11.4. The van der Waals surface area contributed by atoms with Crippen LogP contribution in [0.5, 0.6) is 0 Å². The lowest BCUT2D eigenvalue weighted by molar-refractivity contribution is 0.487. The van der Waals surface area contributed by atoms with Gasteiger partial charge in [0.1, 0.15) is 5.76 Å². The van der Waals surface area contributed by atoms with E-state index in [-0.39, 0.29) is 17.7 Å². The Labute approximate surface area is 200 Å². The predicted molar refractivity (Wildman–Crippen MR) is 135 cm³/mol. The third-order valence-corrected chi connectivity index (χ3v) is 6.38. The minimum atomic E-state index is -0.218. The van der Waals surface area contributed by atoms with E-state index in [1.54, 1.807) is 34.7 Å². The topological polar surface area (TPSA) is 75.0 Å². The van der Waals surface area contributed by atoms with Crippen molar-refractivity contribution in [3.05, 3.63) is 129 Å². The molecule has 7 nitrogen and oxygen atoms in total. The number of pyridine rings is 2. The lowest BCUT2D eigenvalue weighted by atomic mass is 10.2. The summed E-state index contributed by atoms with van der Waals surface area (Å²) in [5, 5.41) is 2.46. The molecule has 0 aliphatic carbocycles. The molecular formula is C28H22N4O3. The van der Waals surface area contributed by atoms with Crippen LogP contribution in [0, 0.1) is 6.92 Å². The molecule has 0 atom stereocenters. The number of fused-ring (bicyclic) bond motifs is 2. The second-order valence-electron chi connectivity index (χ2n) is 8.54. The smallest absolute Gasteiger partial charge is 0.282 e. The summed E-state index contributed by atoms with van der Waals surface area (Å²) in [6.45, 7) is 2.47. The fraction of sp³-hybridized carbons (Fsp3) is 0.107. The number of furan rings is 1. The molecule has 35 heavy (non-hydrogen) atoms. The summed E-state index contributed by atoms with van der Waals surface area (Å²) in [6.07, 6.45) is 3.34. The van der Waals surface area contributed by atoms with Crippen molar-refractivity contribution in [1.82, 2.24) is 18.9 Å². The molecule has 0 saturated carbocycles. The van der Waals surface area contributed by atoms with Gasteiger partial charge < -0.3 is 8.98 Å². The lowest BCUT2D eigenvalue weighted by Gasteiger charge is -2.13. The van der Waals surface area contributed by atoms with E-state index in [0.29, 0.717) is 34.7 Å². The fourth-order valence-electron chi connectivity index (χ4n) is 4.63. The van der Waals surface area contributed by atoms with Gasteiger partial charge in [-0.05, 0) is 36.1 Å². The molecule has 0 radical (unpaired) electrons. The molecule has 0 unspecified atom stereocenters. The van der Waals surface area contributed by atoms with Gasteiger partial charge in [-0.1, -0.05) is 54.6 Å². The third kappa shape index (κ3) is 3.58. The largest absolute Gasteiger partial charge is 0.467 e. The van der Waals surface area contributed by atoms with Crippen LogP contribution < -0.4 is 11.1 Å². The van der Waals surface area contributed by atoms with Crippen molar-refractivity contribution in [2.45, 2.75) is 20.0 Å². The molecule has 0 spiro atoms. The molecule has 0 saturated heterocycles. The van der Waals surface area contributed by atoms with E-state index in [4.69, 9.17) is 4.42 Å². The highest BCUT2D eigenvalue weighted by Gasteiger charge is 2.21. The van der Waals surface area contributed by atoms with Crippen molar-refractivity contribution >= 4 is 21.7 Å². The first-order chi connectivity index (χ1) is 17.1. The van der Waals surface area contributed by atoms with Crippen LogP contribution in [0.3, 0.4) is 0 Å². The van der Waals surface area contributed by atoms with Crippen LogP contribution in [-0.2, 0) is 13.1 Å². The zero-order valence-corrected chi connectivity index (χ0v) is 19.1. The van der Waals surface area contributed by atoms with Gasteiger partial charge in [0.15, 0.2) is 5.82 Å². The normalized spacial score (nSPS) is 11.5. The third-order valence-electron chi connectivity index (χ3n) is 6.38. The Morgan fingerprint density at radius 3 is 2.40 bits per heavy atom. The van der Waals surface area contributed by atoms with E-state index < -0.39 is 0 Å². The molecule has 0 amide bonds. The Morgan fingerprint density at radius 1 is 0.857 bits per heavy atom. The number of aryl methyl sites for hydroxylation is 1. The fourth-order valence-corrected chi connectivity index (χ4v) is 4.63. The Balaban J connectivity index is 1.63. The molecule has 0 aliphatic rings. The predicted octanol–water partition coefficient (Wildman–Crippen LogP) is 4.50. The highest BCUT2D eigenvalue weighted by atomic mass is 16.3. The van der Waals surface area contributed by atoms with Crippen LogP contribution in [0.25, 0.3) is 27.5 Å². The molecule has 0 aliphatic heterocycles. The summed E-state index contributed by atoms with van der Waals surface area (Å²) in [5.41, 5.74) is 1.76. The average molecular weight is 463 g/mol. The molecule has 4 heterocycles. The molecule has 6 aromatic rings. The van der Waals surface area contributed by atoms with E-state index in [1.165, 1.54) is 6.07 Å². The summed E-state index contributed by atoms with van der Waals surface area (Å²) in [6, 6.07) is 24.8. The van der Waals surface area contributed by atoms with Crippen molar-refractivity contribution in [3.63, 3.8) is 0 Å². The van der Waals surface area contributed by atoms with Crippen molar-refractivity contribution < 1.29 is 4.42 Å². The Kier molecular flexibility index (Phi) is 4.95. The van der Waals surface area contributed by atoms with Crippen LogP contribution >= 0.6 is 0 Å². The van der Waals surface area contributed by atoms with Crippen molar-refractivity contribution in [1.29, 1.82) is 0 Å². The number of benzene rings is 2. The highest BCUT2D eigenvalue weighted by Crippen LogP contribution is 2.21. The maximum absolute atomic E-state index is 13.9. The lowest BCUT2D eigenvalue weighted by Crippen LogP contribution is -2.24. The Bertz CT molecular complexity index is 1790. The van der Waals surface area contributed by atoms with Crippen LogP contribution in [0.4, 0.5) is 0 Å². The summed E-state index contributed by atoms with van der Waals surface area (Å²) in [5.74, 6) is 1.15. The van der Waals surface area contributed by atoms with E-state index in [1.807, 2.05) is 71.4 Å². The monoisotopic (exact) mass is 462 g/mol. The number of hydrogen-bond acceptors (Lipinski definition) is 4. The van der Waals surface area contributed by atoms with Crippen LogP contribution in [0.2, 0.25) is 0 Å². The van der Waals surface area contributed by atoms with Crippen molar-refractivity contribution in [2.24, 2.45) is 0 Å². The van der Waals surface area contributed by atoms with Gasteiger partial charge in [0.2, 0.25) is 0 Å². The van der Waals surface area contributed by atoms with E-state index in [9.17, 15) is 9.59 Å². The molecule has 2 aromatic carbocycles. The second-order valence-corrected chi connectivity index (χ2v) is 8.54. The zero-order chi connectivity index (χ0) is 23.9. The maximum atomic E-state index is 13.9. The Morgan fingerprint density at radius 2 is 1.63 bits per heavy atom. The van der Waals surface area contributed by atoms with Gasteiger partial charge in [-0.3, -0.25) is 14.3 Å². The van der Waals surface area contributed by atoms with E-state index in [2.05, 4.69) is 4.98 Å². The molecule has 172 valence electrons. The number of nitrogens with zero attached hydrogens (tertiary/aromatic N) is 4. The van der Waals surface area contributed by atoms with Gasteiger partial charge in [-0.2, -0.15) is 4.68 Å². The number of rotatable bonds is 5. The van der Waals surface area contributed by atoms with E-state index in [0.717, 1.165) is 16.3 Å². The highest BCUT2D eigenvalue weighted by molar-refractivity contribution is 5.84. The SMILES string of the molecule is Cc1c2c(=O)n(-c3cc4ccccc4cn3)n(Cc3ccccc3)c2cc(=O)n1Cc1ccco1. The van der Waals surface area contributed by atoms with Gasteiger partial charge in [-0.15, -0.1) is 0 Å². The second kappa shape index (κ2) is 8.29. The van der Waals surface area contributed by atoms with Gasteiger partial charge in [-0.25, -0.2) is 4.98 Å². The minimum Gasteiger partial charge on any atom is -0.467 e. The molecule has 0 N–H and O–H groups in total. The molecular weight excluding hydrogens is 440 g/mol. The first kappa shape index (κ1) is 20.9. The average Bonchev–Trinajstić information content (AvgIpc) is 3.48. The molecule has 4 aromatic heterocycles. The molecule has 0 fully saturated rings. The van der Waals surface area contributed by atoms with Crippen LogP contribution in [0.15, 0.2) is 105 Å². The summed E-state index contributed by atoms with van der Waals surface area (Å²) in [7, 11) is 0. The van der Waals surface area contributed by atoms with Gasteiger partial charge in [0, 0.05) is 23.3 Å². The van der Waals surface area contributed by atoms with Gasteiger partial charge >= 0.3 is 0 Å². The summed E-state index contributed by atoms with van der Waals surface area (Å²) < 4.78 is 10.4. The molecule has 7 heteroatoms. The quantitative estimate of drug-likeness (QED) is 0.378. The first-order valence-corrected chi connectivity index (χ1v) is 11.4.